The third-order valence-corrected chi connectivity index (χ3v) is 5.42. The number of hydrogen-bond acceptors (Lipinski definition) is 3. The fraction of sp³-hybridized carbons (Fsp3) is 0.650. The number of carbonyl (C=O) groups excluding carboxylic acids is 1. The lowest BCUT2D eigenvalue weighted by molar-refractivity contribution is -0.125. The highest BCUT2D eigenvalue weighted by Crippen LogP contribution is 2.23. The van der Waals surface area contributed by atoms with Gasteiger partial charge in [0.15, 0.2) is 0 Å². The number of fused-ring (bicyclic) bond motifs is 1. The quantitative estimate of drug-likeness (QED) is 0.816. The van der Waals surface area contributed by atoms with Crippen LogP contribution in [0.1, 0.15) is 49.7 Å². The molecule has 4 heteroatoms. The minimum atomic E-state index is -0.495. The Morgan fingerprint density at radius 3 is 2.62 bits per heavy atom. The summed E-state index contributed by atoms with van der Waals surface area (Å²) in [6.07, 6.45) is 7.38. The molecule has 24 heavy (non-hydrogen) atoms. The second-order valence-electron chi connectivity index (χ2n) is 7.34. The van der Waals surface area contributed by atoms with E-state index in [2.05, 4.69) is 34.5 Å². The number of aliphatic hydroxyl groups is 1. The van der Waals surface area contributed by atoms with Gasteiger partial charge in [-0.2, -0.15) is 0 Å². The highest BCUT2D eigenvalue weighted by atomic mass is 16.3. The van der Waals surface area contributed by atoms with Crippen molar-refractivity contribution in [3.63, 3.8) is 0 Å². The van der Waals surface area contributed by atoms with Crippen molar-refractivity contribution in [1.29, 1.82) is 0 Å². The topological polar surface area (TPSA) is 52.6 Å². The molecule has 0 aromatic heterocycles. The first kappa shape index (κ1) is 17.4. The van der Waals surface area contributed by atoms with Gasteiger partial charge in [-0.15, -0.1) is 0 Å². The van der Waals surface area contributed by atoms with E-state index in [4.69, 9.17) is 0 Å². The van der Waals surface area contributed by atoms with Crippen LogP contribution >= 0.6 is 0 Å². The van der Waals surface area contributed by atoms with Crippen LogP contribution in [0.4, 0.5) is 0 Å². The molecule has 1 aromatic rings. The number of carbonyl (C=O) groups is 1. The van der Waals surface area contributed by atoms with E-state index in [1.54, 1.807) is 0 Å². The molecule has 0 saturated heterocycles. The predicted molar refractivity (Wildman–Crippen MR) is 95.6 cm³/mol. The summed E-state index contributed by atoms with van der Waals surface area (Å²) in [5.41, 5.74) is 2.78. The van der Waals surface area contributed by atoms with Gasteiger partial charge >= 0.3 is 0 Å². The molecule has 0 bridgehead atoms. The number of aliphatic hydroxyl groups excluding tert-OH is 1. The van der Waals surface area contributed by atoms with Crippen molar-refractivity contribution in [3.05, 3.63) is 35.4 Å². The summed E-state index contributed by atoms with van der Waals surface area (Å²) in [5.74, 6) is 0.293. The maximum atomic E-state index is 12.3. The molecule has 1 aliphatic carbocycles. The Bertz CT molecular complexity index is 538. The number of hydrogen-bond donors (Lipinski definition) is 2. The molecule has 1 unspecified atom stereocenters. The summed E-state index contributed by atoms with van der Waals surface area (Å²) in [4.78, 5) is 14.6. The zero-order chi connectivity index (χ0) is 16.8. The van der Waals surface area contributed by atoms with Gasteiger partial charge in [0.1, 0.15) is 0 Å². The molecule has 2 aliphatic rings. The minimum Gasteiger partial charge on any atom is -0.390 e. The Labute approximate surface area is 145 Å². The number of benzene rings is 1. The molecule has 1 atom stereocenters. The molecule has 3 rings (SSSR count). The zero-order valence-corrected chi connectivity index (χ0v) is 14.5. The molecule has 1 saturated carbocycles. The number of nitrogens with zero attached hydrogens (tertiary/aromatic N) is 1. The number of rotatable bonds is 5. The number of β-amino-alcohol motifs (C(OH)–C–C–N with tert-alkyl or cyclic N) is 1. The Morgan fingerprint density at radius 2 is 1.88 bits per heavy atom. The molecule has 0 spiro atoms. The van der Waals surface area contributed by atoms with Crippen LogP contribution in [-0.4, -0.2) is 41.7 Å². The predicted octanol–water partition coefficient (Wildman–Crippen LogP) is 2.49. The minimum absolute atomic E-state index is 0.139. The summed E-state index contributed by atoms with van der Waals surface area (Å²) in [5, 5.41) is 13.3. The van der Waals surface area contributed by atoms with E-state index in [-0.39, 0.29) is 11.8 Å². The van der Waals surface area contributed by atoms with Gasteiger partial charge in [0.05, 0.1) is 6.10 Å². The molecule has 0 radical (unpaired) electrons. The van der Waals surface area contributed by atoms with Crippen molar-refractivity contribution in [1.82, 2.24) is 10.2 Å². The number of amides is 1. The fourth-order valence-corrected chi connectivity index (χ4v) is 3.98. The molecule has 2 N–H and O–H groups in total. The first-order valence-electron chi connectivity index (χ1n) is 9.47. The van der Waals surface area contributed by atoms with Gasteiger partial charge in [-0.1, -0.05) is 49.9 Å². The van der Waals surface area contributed by atoms with Crippen molar-refractivity contribution in [2.45, 2.75) is 57.6 Å². The van der Waals surface area contributed by atoms with Crippen molar-refractivity contribution in [3.8, 4) is 0 Å². The van der Waals surface area contributed by atoms with E-state index in [1.165, 1.54) is 24.0 Å². The van der Waals surface area contributed by atoms with E-state index in [9.17, 15) is 9.90 Å². The summed E-state index contributed by atoms with van der Waals surface area (Å²) in [6, 6.07) is 8.52. The van der Waals surface area contributed by atoms with E-state index in [1.807, 2.05) is 0 Å². The Balaban J connectivity index is 1.41. The van der Waals surface area contributed by atoms with Crippen molar-refractivity contribution < 1.29 is 9.90 Å². The normalized spacial score (nSPS) is 20.9. The highest BCUT2D eigenvalue weighted by Gasteiger charge is 2.22. The lowest BCUT2D eigenvalue weighted by Crippen LogP contribution is -2.43. The second-order valence-corrected chi connectivity index (χ2v) is 7.34. The van der Waals surface area contributed by atoms with Crippen LogP contribution in [0.3, 0.4) is 0 Å². The van der Waals surface area contributed by atoms with Gasteiger partial charge in [0, 0.05) is 32.1 Å². The molecule has 1 fully saturated rings. The third kappa shape index (κ3) is 4.81. The van der Waals surface area contributed by atoms with Crippen molar-refractivity contribution in [2.24, 2.45) is 5.92 Å². The molecule has 132 valence electrons. The van der Waals surface area contributed by atoms with Crippen molar-refractivity contribution >= 4 is 5.91 Å². The van der Waals surface area contributed by atoms with Gasteiger partial charge in [-0.25, -0.2) is 0 Å². The molecular weight excluding hydrogens is 300 g/mol. The summed E-state index contributed by atoms with van der Waals surface area (Å²) in [7, 11) is 0. The first-order valence-corrected chi connectivity index (χ1v) is 9.47. The highest BCUT2D eigenvalue weighted by molar-refractivity contribution is 5.78. The molecule has 4 nitrogen and oxygen atoms in total. The van der Waals surface area contributed by atoms with Gasteiger partial charge in [-0.3, -0.25) is 9.69 Å². The van der Waals surface area contributed by atoms with Gasteiger partial charge in [0.25, 0.3) is 0 Å². The van der Waals surface area contributed by atoms with Crippen LogP contribution in [0.25, 0.3) is 0 Å². The van der Waals surface area contributed by atoms with Crippen molar-refractivity contribution in [2.75, 3.05) is 19.6 Å². The van der Waals surface area contributed by atoms with Gasteiger partial charge in [0.2, 0.25) is 5.91 Å². The maximum Gasteiger partial charge on any atom is 0.223 e. The zero-order valence-electron chi connectivity index (χ0n) is 14.5. The Hall–Kier alpha value is -1.39. The molecular formula is C20H30N2O2. The van der Waals surface area contributed by atoms with Crippen LogP contribution in [0.2, 0.25) is 0 Å². The average Bonchev–Trinajstić information content (AvgIpc) is 2.89. The monoisotopic (exact) mass is 330 g/mol. The van der Waals surface area contributed by atoms with Crippen LogP contribution in [-0.2, 0) is 17.8 Å². The van der Waals surface area contributed by atoms with Gasteiger partial charge in [-0.05, 0) is 30.4 Å². The Morgan fingerprint density at radius 1 is 1.17 bits per heavy atom. The van der Waals surface area contributed by atoms with E-state index in [0.717, 1.165) is 45.2 Å². The summed E-state index contributed by atoms with van der Waals surface area (Å²) in [6.45, 7) is 2.86. The lowest BCUT2D eigenvalue weighted by atomic mass is 9.99. The molecule has 1 amide bonds. The molecule has 1 aliphatic heterocycles. The number of nitrogens with one attached hydrogen (secondary N) is 1. The van der Waals surface area contributed by atoms with E-state index < -0.39 is 6.10 Å². The average molecular weight is 330 g/mol. The lowest BCUT2D eigenvalue weighted by Gasteiger charge is -2.30. The molecule has 1 heterocycles. The summed E-state index contributed by atoms with van der Waals surface area (Å²) >= 11 is 0. The second kappa shape index (κ2) is 8.63. The maximum absolute atomic E-state index is 12.3. The van der Waals surface area contributed by atoms with E-state index in [0.29, 0.717) is 13.1 Å². The van der Waals surface area contributed by atoms with Gasteiger partial charge < -0.3 is 10.4 Å². The molecule has 1 aromatic carbocycles. The van der Waals surface area contributed by atoms with Crippen LogP contribution in [0.15, 0.2) is 24.3 Å². The largest absolute Gasteiger partial charge is 0.390 e. The SMILES string of the molecule is O=C(NCC(O)CN1CCc2ccccc2C1)C1CCCCCC1. The third-order valence-electron chi connectivity index (χ3n) is 5.42. The fourth-order valence-electron chi connectivity index (χ4n) is 3.98. The van der Waals surface area contributed by atoms with E-state index >= 15 is 0 Å². The van der Waals surface area contributed by atoms with Crippen LogP contribution in [0.5, 0.6) is 0 Å². The first-order chi connectivity index (χ1) is 11.7. The standard InChI is InChI=1S/C20H30N2O2/c23-19(13-21-20(24)17-8-3-1-2-4-9-17)15-22-12-11-16-7-5-6-10-18(16)14-22/h5-7,10,17,19,23H,1-4,8-9,11-15H2,(H,21,24). The summed E-state index contributed by atoms with van der Waals surface area (Å²) < 4.78 is 0. The smallest absolute Gasteiger partial charge is 0.223 e. The Kier molecular flexibility index (Phi) is 6.27. The van der Waals surface area contributed by atoms with Crippen LogP contribution in [0, 0.1) is 5.92 Å². The van der Waals surface area contributed by atoms with Crippen LogP contribution < -0.4 is 5.32 Å².